The van der Waals surface area contributed by atoms with E-state index in [9.17, 15) is 5.11 Å². The number of rotatable bonds is 3. The summed E-state index contributed by atoms with van der Waals surface area (Å²) < 4.78 is 1.94. The van der Waals surface area contributed by atoms with Crippen LogP contribution in [-0.2, 0) is 6.54 Å². The van der Waals surface area contributed by atoms with Crippen molar-refractivity contribution in [1.29, 1.82) is 0 Å². The van der Waals surface area contributed by atoms with Gasteiger partial charge in [0.2, 0.25) is 5.95 Å². The normalized spacial score (nSPS) is 11.2. The van der Waals surface area contributed by atoms with Crippen molar-refractivity contribution in [2.45, 2.75) is 26.0 Å². The molecule has 0 fully saturated rings. The van der Waals surface area contributed by atoms with Gasteiger partial charge < -0.3 is 15.4 Å². The van der Waals surface area contributed by atoms with E-state index in [1.165, 1.54) is 6.20 Å². The highest BCUT2D eigenvalue weighted by Crippen LogP contribution is 2.33. The van der Waals surface area contributed by atoms with Gasteiger partial charge in [0.25, 0.3) is 0 Å². The fourth-order valence-electron chi connectivity index (χ4n) is 2.50. The van der Waals surface area contributed by atoms with Crippen LogP contribution in [0.4, 0.5) is 5.95 Å². The van der Waals surface area contributed by atoms with E-state index in [1.807, 2.05) is 16.8 Å². The summed E-state index contributed by atoms with van der Waals surface area (Å²) in [6, 6.07) is 1.89. The minimum Gasteiger partial charge on any atom is -0.378 e. The van der Waals surface area contributed by atoms with E-state index in [2.05, 4.69) is 33.4 Å². The Morgan fingerprint density at radius 1 is 1.38 bits per heavy atom. The first-order valence-electron chi connectivity index (χ1n) is 7.92. The van der Waals surface area contributed by atoms with Crippen LogP contribution in [0.3, 0.4) is 0 Å². The summed E-state index contributed by atoms with van der Waals surface area (Å²) in [5.41, 5.74) is 7.38. The molecule has 0 unspecified atom stereocenters. The van der Waals surface area contributed by atoms with Gasteiger partial charge in [-0.15, -0.1) is 6.58 Å². The van der Waals surface area contributed by atoms with Gasteiger partial charge in [-0.3, -0.25) is 0 Å². The number of allylic oxidation sites excluding steroid dienone is 1. The summed E-state index contributed by atoms with van der Waals surface area (Å²) in [6.07, 6.45) is 6.82. The lowest BCUT2D eigenvalue weighted by molar-refractivity contribution is 0.143. The molecule has 0 aliphatic heterocycles. The van der Waals surface area contributed by atoms with Crippen molar-refractivity contribution in [2.75, 3.05) is 5.73 Å². The number of anilines is 1. The maximum atomic E-state index is 9.81. The van der Waals surface area contributed by atoms with E-state index >= 15 is 0 Å². The number of hydrogen-bond acceptors (Lipinski definition) is 5. The van der Waals surface area contributed by atoms with E-state index in [0.29, 0.717) is 22.8 Å². The molecule has 26 heavy (non-hydrogen) atoms. The Kier molecular flexibility index (Phi) is 4.68. The lowest BCUT2D eigenvalue weighted by Gasteiger charge is -2.06. The molecule has 132 valence electrons. The third-order valence-electron chi connectivity index (χ3n) is 3.57. The molecule has 0 spiro atoms. The molecule has 3 aromatic heterocycles. The van der Waals surface area contributed by atoms with Crippen molar-refractivity contribution < 1.29 is 5.11 Å². The van der Waals surface area contributed by atoms with Crippen molar-refractivity contribution in [1.82, 2.24) is 19.5 Å². The summed E-state index contributed by atoms with van der Waals surface area (Å²) in [5, 5.41) is 11.0. The molecule has 0 radical (unpaired) electrons. The topological polar surface area (TPSA) is 89.9 Å². The number of aliphatic hydroxyl groups is 1. The Labute approximate surface area is 156 Å². The third kappa shape index (κ3) is 3.69. The predicted octanol–water partition coefficient (Wildman–Crippen LogP) is 3.04. The molecule has 3 aromatic rings. The first-order chi connectivity index (χ1) is 12.3. The Bertz CT molecular complexity index is 1050. The van der Waals surface area contributed by atoms with E-state index in [-0.39, 0.29) is 5.95 Å². The van der Waals surface area contributed by atoms with Gasteiger partial charge in [-0.25, -0.2) is 15.0 Å². The Hall–Kier alpha value is -2.88. The van der Waals surface area contributed by atoms with Crippen molar-refractivity contribution in [2.24, 2.45) is 0 Å². The maximum Gasteiger partial charge on any atom is 0.220 e. The molecule has 0 saturated heterocycles. The zero-order valence-corrected chi connectivity index (χ0v) is 15.2. The summed E-state index contributed by atoms with van der Waals surface area (Å²) in [5.74, 6) is 5.86. The highest BCUT2D eigenvalue weighted by atomic mass is 35.5. The van der Waals surface area contributed by atoms with Gasteiger partial charge in [-0.05, 0) is 19.9 Å². The van der Waals surface area contributed by atoms with E-state index in [1.54, 1.807) is 26.1 Å². The first kappa shape index (κ1) is 17.9. The Balaban J connectivity index is 2.25. The van der Waals surface area contributed by atoms with Gasteiger partial charge in [-0.2, -0.15) is 0 Å². The van der Waals surface area contributed by atoms with Crippen molar-refractivity contribution >= 4 is 28.6 Å². The van der Waals surface area contributed by atoms with Crippen LogP contribution in [0.2, 0.25) is 5.02 Å². The molecule has 3 N–H and O–H groups in total. The highest BCUT2D eigenvalue weighted by Gasteiger charge is 2.16. The number of nitrogen functional groups attached to an aromatic ring is 1. The summed E-state index contributed by atoms with van der Waals surface area (Å²) >= 11 is 6.29. The molecule has 6 nitrogen and oxygen atoms in total. The van der Waals surface area contributed by atoms with Crippen LogP contribution in [0.1, 0.15) is 19.4 Å². The quantitative estimate of drug-likeness (QED) is 0.548. The smallest absolute Gasteiger partial charge is 0.220 e. The lowest BCUT2D eigenvalue weighted by atomic mass is 10.1. The summed E-state index contributed by atoms with van der Waals surface area (Å²) in [6.45, 7) is 7.61. The summed E-state index contributed by atoms with van der Waals surface area (Å²) in [7, 11) is 0. The second-order valence-electron chi connectivity index (χ2n) is 6.31. The zero-order valence-electron chi connectivity index (χ0n) is 14.5. The van der Waals surface area contributed by atoms with Gasteiger partial charge in [0.05, 0.1) is 16.9 Å². The second kappa shape index (κ2) is 6.79. The number of nitrogens with zero attached hydrogens (tertiary/aromatic N) is 4. The van der Waals surface area contributed by atoms with Gasteiger partial charge in [0.15, 0.2) is 0 Å². The largest absolute Gasteiger partial charge is 0.378 e. The molecule has 0 atom stereocenters. The molecule has 3 heterocycles. The SMILES string of the molecule is C=CCn1cc(-c2nc(N)ncc2Cl)c2cc(C#CC(C)(C)O)cnc21. The number of nitrogens with two attached hydrogens (primary N) is 1. The van der Waals surface area contributed by atoms with Crippen LogP contribution in [0.15, 0.2) is 37.3 Å². The van der Waals surface area contributed by atoms with Crippen molar-refractivity contribution in [3.05, 3.63) is 47.9 Å². The first-order valence-corrected chi connectivity index (χ1v) is 8.30. The molecular weight excluding hydrogens is 350 g/mol. The number of hydrogen-bond donors (Lipinski definition) is 2. The number of halogens is 1. The van der Waals surface area contributed by atoms with Crippen LogP contribution in [0.25, 0.3) is 22.3 Å². The van der Waals surface area contributed by atoms with Crippen LogP contribution in [-0.4, -0.2) is 30.2 Å². The minimum atomic E-state index is -1.09. The molecule has 0 aromatic carbocycles. The molecule has 0 aliphatic rings. The monoisotopic (exact) mass is 367 g/mol. The van der Waals surface area contributed by atoms with Crippen LogP contribution < -0.4 is 5.73 Å². The van der Waals surface area contributed by atoms with Crippen LogP contribution in [0, 0.1) is 11.8 Å². The maximum absolute atomic E-state index is 9.81. The average Bonchev–Trinajstić information content (AvgIpc) is 2.93. The zero-order chi connectivity index (χ0) is 18.9. The molecule has 7 heteroatoms. The van der Waals surface area contributed by atoms with Gasteiger partial charge >= 0.3 is 0 Å². The Morgan fingerprint density at radius 2 is 2.15 bits per heavy atom. The van der Waals surface area contributed by atoms with Gasteiger partial charge in [-0.1, -0.05) is 29.5 Å². The fraction of sp³-hybridized carbons (Fsp3) is 0.211. The summed E-state index contributed by atoms with van der Waals surface area (Å²) in [4.78, 5) is 12.7. The van der Waals surface area contributed by atoms with Crippen molar-refractivity contribution in [3.8, 4) is 23.1 Å². The van der Waals surface area contributed by atoms with E-state index in [0.717, 1.165) is 16.6 Å². The van der Waals surface area contributed by atoms with Crippen LogP contribution in [0.5, 0.6) is 0 Å². The lowest BCUT2D eigenvalue weighted by Crippen LogP contribution is -2.14. The standard InChI is InChI=1S/C19H18ClN5O/c1-4-7-25-11-14(16-15(20)10-23-18(21)24-16)13-8-12(9-22-17(13)25)5-6-19(2,3)26/h4,8-11,26H,1,7H2,2-3H3,(H2,21,23,24). The average molecular weight is 368 g/mol. The molecule has 0 bridgehead atoms. The van der Waals surface area contributed by atoms with Gasteiger partial charge in [0.1, 0.15) is 11.2 Å². The molecule has 0 aliphatic carbocycles. The Morgan fingerprint density at radius 3 is 2.85 bits per heavy atom. The molecular formula is C19H18ClN5O. The number of fused-ring (bicyclic) bond motifs is 1. The molecule has 0 saturated carbocycles. The second-order valence-corrected chi connectivity index (χ2v) is 6.72. The highest BCUT2D eigenvalue weighted by molar-refractivity contribution is 6.33. The van der Waals surface area contributed by atoms with E-state index < -0.39 is 5.60 Å². The number of pyridine rings is 1. The van der Waals surface area contributed by atoms with E-state index in [4.69, 9.17) is 17.3 Å². The van der Waals surface area contributed by atoms with Crippen molar-refractivity contribution in [3.63, 3.8) is 0 Å². The van der Waals surface area contributed by atoms with Crippen LogP contribution >= 0.6 is 11.6 Å². The molecule has 3 rings (SSSR count). The number of aromatic nitrogens is 4. The fourth-order valence-corrected chi connectivity index (χ4v) is 2.69. The third-order valence-corrected chi connectivity index (χ3v) is 3.85. The minimum absolute atomic E-state index is 0.139. The van der Waals surface area contributed by atoms with Gasteiger partial charge in [0, 0.05) is 35.5 Å². The molecule has 0 amide bonds. The predicted molar refractivity (Wildman–Crippen MR) is 104 cm³/mol.